The molecule has 0 spiro atoms. The number of aryl methyl sites for hydroxylation is 2. The Balaban J connectivity index is 1.72. The van der Waals surface area contributed by atoms with Gasteiger partial charge in [0, 0.05) is 27.4 Å². The summed E-state index contributed by atoms with van der Waals surface area (Å²) >= 11 is 3.76. The summed E-state index contributed by atoms with van der Waals surface area (Å²) in [5.74, 6) is 0. The molecular formula is C16H22N2S2. The van der Waals surface area contributed by atoms with Crippen LogP contribution in [0.25, 0.3) is 0 Å². The molecule has 3 rings (SSSR count). The minimum Gasteiger partial charge on any atom is -0.301 e. The molecule has 0 fully saturated rings. The van der Waals surface area contributed by atoms with E-state index in [1.165, 1.54) is 35.6 Å². The zero-order chi connectivity index (χ0) is 13.9. The lowest BCUT2D eigenvalue weighted by Gasteiger charge is -2.19. The summed E-state index contributed by atoms with van der Waals surface area (Å²) in [4.78, 5) is 7.58. The molecule has 1 N–H and O–H groups in total. The van der Waals surface area contributed by atoms with Gasteiger partial charge < -0.3 is 5.32 Å². The second-order valence-corrected chi connectivity index (χ2v) is 7.62. The molecule has 0 saturated carbocycles. The largest absolute Gasteiger partial charge is 0.301 e. The molecule has 0 aromatic carbocycles. The third-order valence-corrected chi connectivity index (χ3v) is 6.36. The predicted octanol–water partition coefficient (Wildman–Crippen LogP) is 4.89. The van der Waals surface area contributed by atoms with E-state index in [1.807, 2.05) is 17.5 Å². The van der Waals surface area contributed by atoms with Gasteiger partial charge in [-0.25, -0.2) is 4.98 Å². The van der Waals surface area contributed by atoms with E-state index in [-0.39, 0.29) is 0 Å². The van der Waals surface area contributed by atoms with Crippen molar-refractivity contribution in [2.45, 2.75) is 58.0 Å². The maximum Gasteiger partial charge on any atom is 0.109 e. The van der Waals surface area contributed by atoms with Gasteiger partial charge in [-0.15, -0.1) is 22.7 Å². The fraction of sp³-hybridized carbons (Fsp3) is 0.562. The zero-order valence-electron chi connectivity index (χ0n) is 12.2. The van der Waals surface area contributed by atoms with Gasteiger partial charge in [0.25, 0.3) is 0 Å². The minimum absolute atomic E-state index is 0.379. The van der Waals surface area contributed by atoms with Crippen molar-refractivity contribution in [3.8, 4) is 0 Å². The van der Waals surface area contributed by atoms with Crippen LogP contribution in [0.5, 0.6) is 0 Å². The van der Waals surface area contributed by atoms with Crippen LogP contribution in [0.1, 0.15) is 65.5 Å². The molecule has 108 valence electrons. The van der Waals surface area contributed by atoms with Gasteiger partial charge in [0.1, 0.15) is 5.01 Å². The Morgan fingerprint density at radius 1 is 1.35 bits per heavy atom. The normalized spacial score (nSPS) is 17.7. The van der Waals surface area contributed by atoms with E-state index in [1.54, 1.807) is 21.8 Å². The number of hydrogen-bond acceptors (Lipinski definition) is 4. The zero-order valence-corrected chi connectivity index (χ0v) is 13.8. The van der Waals surface area contributed by atoms with Crippen LogP contribution in [0.15, 0.2) is 17.6 Å². The van der Waals surface area contributed by atoms with Crippen LogP contribution in [0, 0.1) is 0 Å². The fourth-order valence-corrected chi connectivity index (χ4v) is 4.93. The smallest absolute Gasteiger partial charge is 0.109 e. The number of aromatic nitrogens is 1. The van der Waals surface area contributed by atoms with E-state index in [9.17, 15) is 0 Å². The number of thiophene rings is 1. The number of nitrogens with zero attached hydrogens (tertiary/aromatic N) is 1. The Bertz CT molecular complexity index is 521. The van der Waals surface area contributed by atoms with Gasteiger partial charge in [0.2, 0.25) is 0 Å². The molecule has 2 aromatic heterocycles. The molecule has 2 nitrogen and oxygen atoms in total. The number of rotatable bonds is 5. The lowest BCUT2D eigenvalue weighted by atomic mass is 9.99. The number of hydrogen-bond donors (Lipinski definition) is 1. The van der Waals surface area contributed by atoms with Gasteiger partial charge in [-0.1, -0.05) is 6.92 Å². The molecular weight excluding hydrogens is 284 g/mol. The topological polar surface area (TPSA) is 24.9 Å². The second kappa shape index (κ2) is 6.37. The molecule has 4 heteroatoms. The highest BCUT2D eigenvalue weighted by atomic mass is 32.1. The van der Waals surface area contributed by atoms with Crippen molar-refractivity contribution >= 4 is 22.7 Å². The molecule has 2 heterocycles. The van der Waals surface area contributed by atoms with Crippen LogP contribution in [0.4, 0.5) is 0 Å². The molecule has 1 aliphatic carbocycles. The Hall–Kier alpha value is -0.710. The maximum absolute atomic E-state index is 4.46. The Morgan fingerprint density at radius 3 is 2.90 bits per heavy atom. The van der Waals surface area contributed by atoms with Crippen molar-refractivity contribution in [3.05, 3.63) is 38.0 Å². The van der Waals surface area contributed by atoms with E-state index in [4.69, 9.17) is 0 Å². The van der Waals surface area contributed by atoms with Gasteiger partial charge in [0.15, 0.2) is 0 Å². The van der Waals surface area contributed by atoms with Crippen molar-refractivity contribution in [1.29, 1.82) is 0 Å². The third kappa shape index (κ3) is 2.97. The van der Waals surface area contributed by atoms with Gasteiger partial charge in [-0.2, -0.15) is 0 Å². The van der Waals surface area contributed by atoms with Crippen LogP contribution in [-0.4, -0.2) is 4.98 Å². The summed E-state index contributed by atoms with van der Waals surface area (Å²) in [6.45, 7) is 4.51. The van der Waals surface area contributed by atoms with E-state index in [2.05, 4.69) is 35.6 Å². The maximum atomic E-state index is 4.46. The van der Waals surface area contributed by atoms with E-state index in [0.29, 0.717) is 12.1 Å². The molecule has 0 bridgehead atoms. The molecule has 20 heavy (non-hydrogen) atoms. The second-order valence-electron chi connectivity index (χ2n) is 5.52. The van der Waals surface area contributed by atoms with Crippen LogP contribution >= 0.6 is 22.7 Å². The summed E-state index contributed by atoms with van der Waals surface area (Å²) in [6, 6.07) is 3.23. The first-order valence-electron chi connectivity index (χ1n) is 7.55. The van der Waals surface area contributed by atoms with Crippen molar-refractivity contribution in [2.75, 3.05) is 0 Å². The predicted molar refractivity (Wildman–Crippen MR) is 87.7 cm³/mol. The summed E-state index contributed by atoms with van der Waals surface area (Å²) in [6.07, 6.45) is 8.29. The Morgan fingerprint density at radius 2 is 2.20 bits per heavy atom. The van der Waals surface area contributed by atoms with Gasteiger partial charge in [-0.3, -0.25) is 0 Å². The highest BCUT2D eigenvalue weighted by Gasteiger charge is 2.20. The quantitative estimate of drug-likeness (QED) is 0.851. The average Bonchev–Trinajstić information content (AvgIpc) is 3.13. The van der Waals surface area contributed by atoms with Crippen molar-refractivity contribution in [1.82, 2.24) is 10.3 Å². The number of fused-ring (bicyclic) bond motifs is 1. The Labute approximate surface area is 129 Å². The third-order valence-electron chi connectivity index (χ3n) is 4.05. The SMILES string of the molecule is CCC(NC(C)c1cc2c(s1)CCCC2)c1nccs1. The lowest BCUT2D eigenvalue weighted by molar-refractivity contribution is 0.459. The standard InChI is InChI=1S/C16H22N2S2/c1-3-13(16-17-8-9-19-16)18-11(2)15-10-12-6-4-5-7-14(12)20-15/h8-11,13,18H,3-7H2,1-2H3. The highest BCUT2D eigenvalue weighted by molar-refractivity contribution is 7.12. The number of thiazole rings is 1. The molecule has 2 atom stereocenters. The van der Waals surface area contributed by atoms with Crippen LogP contribution in [-0.2, 0) is 12.8 Å². The lowest BCUT2D eigenvalue weighted by Crippen LogP contribution is -2.23. The molecule has 0 radical (unpaired) electrons. The van der Waals surface area contributed by atoms with Crippen LogP contribution < -0.4 is 5.32 Å². The van der Waals surface area contributed by atoms with Crippen LogP contribution in [0.2, 0.25) is 0 Å². The van der Waals surface area contributed by atoms with Gasteiger partial charge in [0.05, 0.1) is 6.04 Å². The van der Waals surface area contributed by atoms with Crippen molar-refractivity contribution in [2.24, 2.45) is 0 Å². The summed E-state index contributed by atoms with van der Waals surface area (Å²) < 4.78 is 0. The first-order valence-corrected chi connectivity index (χ1v) is 9.24. The highest BCUT2D eigenvalue weighted by Crippen LogP contribution is 2.34. The van der Waals surface area contributed by atoms with E-state index >= 15 is 0 Å². The molecule has 1 aliphatic rings. The van der Waals surface area contributed by atoms with E-state index in [0.717, 1.165) is 6.42 Å². The molecule has 0 amide bonds. The monoisotopic (exact) mass is 306 g/mol. The fourth-order valence-electron chi connectivity index (χ4n) is 2.88. The average molecular weight is 306 g/mol. The first kappa shape index (κ1) is 14.2. The summed E-state index contributed by atoms with van der Waals surface area (Å²) in [5.41, 5.74) is 1.60. The van der Waals surface area contributed by atoms with Crippen molar-refractivity contribution < 1.29 is 0 Å². The molecule has 0 aliphatic heterocycles. The molecule has 0 saturated heterocycles. The van der Waals surface area contributed by atoms with Crippen molar-refractivity contribution in [3.63, 3.8) is 0 Å². The van der Waals surface area contributed by atoms with Crippen LogP contribution in [0.3, 0.4) is 0 Å². The Kier molecular flexibility index (Phi) is 4.54. The van der Waals surface area contributed by atoms with Gasteiger partial charge in [-0.05, 0) is 50.7 Å². The molecule has 2 aromatic rings. The van der Waals surface area contributed by atoms with E-state index < -0.39 is 0 Å². The minimum atomic E-state index is 0.379. The summed E-state index contributed by atoms with van der Waals surface area (Å²) in [5, 5.41) is 7.03. The first-order chi connectivity index (χ1) is 9.78. The molecule has 2 unspecified atom stereocenters. The van der Waals surface area contributed by atoms with Gasteiger partial charge >= 0.3 is 0 Å². The number of nitrogens with one attached hydrogen (secondary N) is 1. The summed E-state index contributed by atoms with van der Waals surface area (Å²) in [7, 11) is 0.